The van der Waals surface area contributed by atoms with Crippen LogP contribution >= 0.6 is 65.3 Å². The molecule has 2 aliphatic heterocycles. The number of hydrazine groups is 1. The second-order valence-corrected chi connectivity index (χ2v) is 18.7. The van der Waals surface area contributed by atoms with Gasteiger partial charge in [0.2, 0.25) is 5.91 Å². The smallest absolute Gasteiger partial charge is 0.324 e. The van der Waals surface area contributed by atoms with E-state index in [1.165, 1.54) is 21.2 Å². The minimum Gasteiger partial charge on any atom is -0.464 e. The van der Waals surface area contributed by atoms with Crippen molar-refractivity contribution in [3.8, 4) is 22.5 Å². The van der Waals surface area contributed by atoms with Crippen LogP contribution in [0.2, 0.25) is 0 Å². The summed E-state index contributed by atoms with van der Waals surface area (Å²) in [5.41, 5.74) is 9.38. The summed E-state index contributed by atoms with van der Waals surface area (Å²) in [6.07, 6.45) is 3.30. The van der Waals surface area contributed by atoms with E-state index in [9.17, 15) is 19.2 Å². The molecule has 2 N–H and O–H groups in total. The first-order valence-electron chi connectivity index (χ1n) is 21.7. The van der Waals surface area contributed by atoms with E-state index in [0.717, 1.165) is 44.7 Å². The molecular formula is C46H72N8O6S5. The lowest BCUT2D eigenvalue weighted by molar-refractivity contribution is -0.155. The topological polar surface area (TPSA) is 151 Å². The van der Waals surface area contributed by atoms with E-state index in [2.05, 4.69) is 60.3 Å². The monoisotopic (exact) mass is 992 g/mol. The van der Waals surface area contributed by atoms with Gasteiger partial charge in [0, 0.05) is 85.3 Å². The Morgan fingerprint density at radius 2 is 1.78 bits per heavy atom. The highest BCUT2D eigenvalue weighted by molar-refractivity contribution is 7.59. The molecule has 1 aromatic carbocycles. The number of hydrogen-bond donors (Lipinski definition) is 2. The summed E-state index contributed by atoms with van der Waals surface area (Å²) in [4.78, 5) is 69.4. The maximum Gasteiger partial charge on any atom is 0.324 e. The minimum absolute atomic E-state index is 0. The van der Waals surface area contributed by atoms with Gasteiger partial charge in [0.05, 0.1) is 34.8 Å². The van der Waals surface area contributed by atoms with Crippen molar-refractivity contribution in [1.29, 1.82) is 0 Å². The van der Waals surface area contributed by atoms with Gasteiger partial charge in [-0.1, -0.05) is 33.8 Å². The van der Waals surface area contributed by atoms with Crippen LogP contribution in [-0.2, 0) is 43.2 Å². The molecule has 3 aromatic heterocycles. The van der Waals surface area contributed by atoms with Crippen molar-refractivity contribution in [2.75, 3.05) is 33.9 Å². The molecule has 1 fully saturated rings. The summed E-state index contributed by atoms with van der Waals surface area (Å²) < 4.78 is 14.2. The molecule has 0 unspecified atom stereocenters. The first-order chi connectivity index (χ1) is 29.0. The molecule has 0 spiro atoms. The Bertz CT molecular complexity index is 2250. The predicted molar refractivity (Wildman–Crippen MR) is 280 cm³/mol. The summed E-state index contributed by atoms with van der Waals surface area (Å²) in [6, 6.07) is 7.48. The predicted octanol–water partition coefficient (Wildman–Crippen LogP) is 7.46. The molecule has 6 bridgehead atoms. The van der Waals surface area contributed by atoms with Gasteiger partial charge in [-0.05, 0) is 89.6 Å². The SMILES string of the molecule is CCN(C(=O)N(C)[C@H](C(=O)N[C@H]1Cc2nc(cs2)-c2ccc3c(c2)c(c(-c2cccnc2[C@H](C)OC)n3CC)CC(C)(C)COC(=O)[C@@H]2CCCN(N2)C1=O)C(C)C)C(C)C.S.S.S.S. The summed E-state index contributed by atoms with van der Waals surface area (Å²) in [5, 5.41) is 8.18. The molecule has 2 aliphatic rings. The van der Waals surface area contributed by atoms with Crippen molar-refractivity contribution < 1.29 is 28.7 Å². The molecule has 0 saturated carbocycles. The van der Waals surface area contributed by atoms with E-state index in [1.807, 2.05) is 53.0 Å². The third kappa shape index (κ3) is 12.6. The Balaban J connectivity index is 0.00000363. The number of carbonyl (C=O) groups is 4. The van der Waals surface area contributed by atoms with E-state index in [-0.39, 0.29) is 91.1 Å². The van der Waals surface area contributed by atoms with Crippen molar-refractivity contribution in [3.05, 3.63) is 58.2 Å². The fourth-order valence-electron chi connectivity index (χ4n) is 8.79. The maximum atomic E-state index is 14.5. The number of pyridine rings is 1. The number of ether oxygens (including phenoxy) is 2. The highest BCUT2D eigenvalue weighted by Crippen LogP contribution is 2.42. The van der Waals surface area contributed by atoms with Crippen molar-refractivity contribution in [2.45, 2.75) is 125 Å². The number of fused-ring (bicyclic) bond motifs is 6. The van der Waals surface area contributed by atoms with Gasteiger partial charge in [0.15, 0.2) is 0 Å². The summed E-state index contributed by atoms with van der Waals surface area (Å²) >= 11 is 1.43. The number of urea groups is 1. The van der Waals surface area contributed by atoms with Gasteiger partial charge in [0.1, 0.15) is 18.1 Å². The second-order valence-electron chi connectivity index (χ2n) is 17.7. The fraction of sp³-hybridized carbons (Fsp3) is 0.565. The average molecular weight is 993 g/mol. The number of nitrogens with one attached hydrogen (secondary N) is 2. The lowest BCUT2D eigenvalue weighted by atomic mass is 9.84. The van der Waals surface area contributed by atoms with Crippen LogP contribution in [0.5, 0.6) is 0 Å². The number of rotatable bonds is 10. The Morgan fingerprint density at radius 3 is 2.42 bits per heavy atom. The van der Waals surface area contributed by atoms with Crippen molar-refractivity contribution in [3.63, 3.8) is 0 Å². The van der Waals surface area contributed by atoms with Crippen molar-refractivity contribution in [2.24, 2.45) is 11.3 Å². The first kappa shape index (κ1) is 57.7. The van der Waals surface area contributed by atoms with Crippen LogP contribution in [0.25, 0.3) is 33.4 Å². The zero-order chi connectivity index (χ0) is 44.3. The number of aryl methyl sites for hydroxylation is 1. The van der Waals surface area contributed by atoms with Gasteiger partial charge in [-0.3, -0.25) is 24.4 Å². The van der Waals surface area contributed by atoms with Crippen LogP contribution in [0, 0.1) is 11.3 Å². The van der Waals surface area contributed by atoms with Gasteiger partial charge in [-0.2, -0.15) is 54.0 Å². The van der Waals surface area contributed by atoms with E-state index >= 15 is 0 Å². The lowest BCUT2D eigenvalue weighted by Crippen LogP contribution is -2.62. The molecule has 0 radical (unpaired) electrons. The molecule has 0 aliphatic carbocycles. The first-order valence-corrected chi connectivity index (χ1v) is 22.5. The van der Waals surface area contributed by atoms with Crippen LogP contribution < -0.4 is 10.7 Å². The Morgan fingerprint density at radius 1 is 1.08 bits per heavy atom. The van der Waals surface area contributed by atoms with Gasteiger partial charge in [0.25, 0.3) is 5.91 Å². The number of cyclic esters (lactones) is 1. The fourth-order valence-corrected chi connectivity index (χ4v) is 9.64. The number of likely N-dealkylation sites (N-methyl/N-ethyl adjacent to an activating group) is 1. The third-order valence-electron chi connectivity index (χ3n) is 12.0. The van der Waals surface area contributed by atoms with E-state index in [1.54, 1.807) is 25.3 Å². The minimum atomic E-state index is -1.04. The number of amides is 4. The summed E-state index contributed by atoms with van der Waals surface area (Å²) in [7, 11) is 3.32. The van der Waals surface area contributed by atoms with Crippen LogP contribution in [0.3, 0.4) is 0 Å². The van der Waals surface area contributed by atoms with E-state index in [4.69, 9.17) is 19.4 Å². The molecule has 1 saturated heterocycles. The molecule has 5 heterocycles. The number of thiazole rings is 1. The number of benzene rings is 1. The normalized spacial score (nSPS) is 18.2. The highest BCUT2D eigenvalue weighted by Gasteiger charge is 2.39. The van der Waals surface area contributed by atoms with E-state index in [0.29, 0.717) is 43.9 Å². The number of esters is 1. The quantitative estimate of drug-likeness (QED) is 0.154. The Hall–Kier alpha value is -3.46. The Labute approximate surface area is 417 Å². The Kier molecular flexibility index (Phi) is 21.8. The number of nitrogens with zero attached hydrogens (tertiary/aromatic N) is 6. The zero-order valence-electron chi connectivity index (χ0n) is 39.7. The largest absolute Gasteiger partial charge is 0.464 e. The molecule has 4 atom stereocenters. The van der Waals surface area contributed by atoms with Gasteiger partial charge in [-0.15, -0.1) is 11.3 Å². The molecule has 4 aromatic rings. The molecule has 362 valence electrons. The zero-order valence-corrected chi connectivity index (χ0v) is 44.5. The van der Waals surface area contributed by atoms with Crippen LogP contribution in [-0.4, -0.2) is 111 Å². The molecular weight excluding hydrogens is 921 g/mol. The van der Waals surface area contributed by atoms with Crippen LogP contribution in [0.4, 0.5) is 4.79 Å². The summed E-state index contributed by atoms with van der Waals surface area (Å²) in [6.45, 7) is 19.6. The summed E-state index contributed by atoms with van der Waals surface area (Å²) in [5.74, 6) is -1.53. The standard InChI is InChI=1S/C46H64N8O6S.4H2S/c1-12-52(28(5)6)45(58)51(10)40(27(3)4)42(55)49-35-23-38-48-36(25-61-38)30-18-19-37-32(22-30)33(41(53(37)13-2)31-16-14-20-47-39(31)29(7)59-11)24-46(8,9)26-60-44(57)34-17-15-21-54(50-34)43(35)56;;;;/h14,16,18-20,22,25,27-29,34-35,40,50H,12-13,15,17,21,23-24,26H2,1-11H3,(H,49,55);4*1H2/t29-,34-,35-,40-;;;;/m0..../s1. The average Bonchev–Trinajstić information content (AvgIpc) is 3.83. The molecule has 4 amide bonds. The molecule has 14 nitrogen and oxygen atoms in total. The number of carbonyl (C=O) groups excluding carboxylic acids is 4. The number of aromatic nitrogens is 3. The lowest BCUT2D eigenvalue weighted by Gasteiger charge is -2.38. The van der Waals surface area contributed by atoms with Gasteiger partial charge in [-0.25, -0.2) is 15.2 Å². The maximum absolute atomic E-state index is 14.5. The third-order valence-corrected chi connectivity index (χ3v) is 12.9. The van der Waals surface area contributed by atoms with E-state index < -0.39 is 41.3 Å². The molecule has 19 heteroatoms. The number of methoxy groups -OCH3 is 1. The molecule has 6 rings (SSSR count). The highest BCUT2D eigenvalue weighted by atomic mass is 32.1. The second kappa shape index (κ2) is 24.5. The number of hydrogen-bond acceptors (Lipinski definition) is 10. The van der Waals surface area contributed by atoms with Gasteiger partial charge < -0.3 is 29.2 Å². The van der Waals surface area contributed by atoms with Crippen LogP contribution in [0.1, 0.15) is 97.5 Å². The van der Waals surface area contributed by atoms with Crippen molar-refractivity contribution >= 4 is 100 Å². The molecule has 65 heavy (non-hydrogen) atoms. The van der Waals surface area contributed by atoms with Crippen molar-refractivity contribution in [1.82, 2.24) is 40.1 Å². The van der Waals surface area contributed by atoms with Gasteiger partial charge >= 0.3 is 12.0 Å². The van der Waals surface area contributed by atoms with Crippen LogP contribution in [0.15, 0.2) is 41.9 Å².